The fourth-order valence-electron chi connectivity index (χ4n) is 5.68. The third kappa shape index (κ3) is 6.44. The summed E-state index contributed by atoms with van der Waals surface area (Å²) < 4.78 is 49.9. The van der Waals surface area contributed by atoms with Gasteiger partial charge in [0.05, 0.1) is 29.7 Å². The van der Waals surface area contributed by atoms with Crippen LogP contribution in [0.4, 0.5) is 10.1 Å². The van der Waals surface area contributed by atoms with E-state index in [1.54, 1.807) is 22.5 Å². The number of nitrogens with one attached hydrogen (secondary N) is 1. The zero-order chi connectivity index (χ0) is 28.3. The molecule has 2 aliphatic heterocycles. The summed E-state index contributed by atoms with van der Waals surface area (Å²) in [6.45, 7) is 5.46. The fraction of sp³-hybridized carbons (Fsp3) is 0.387. The lowest BCUT2D eigenvalue weighted by Crippen LogP contribution is -2.64. The van der Waals surface area contributed by atoms with Crippen LogP contribution in [0.2, 0.25) is 0 Å². The molecule has 2 heterocycles. The van der Waals surface area contributed by atoms with Crippen LogP contribution in [0.25, 0.3) is 0 Å². The first kappa shape index (κ1) is 28.4. The Morgan fingerprint density at radius 1 is 1.05 bits per heavy atom. The fourth-order valence-corrected chi connectivity index (χ4v) is 7.37. The SMILES string of the molecule is Cc1ccc(S(=O)(=O)N2C[C@]3(CCCN(CC(=O)Nc4cc(F)ccc4C)C3)OC[C@@H]2Cc2ccccc2)cc1. The first-order chi connectivity index (χ1) is 19.1. The van der Waals surface area contributed by atoms with Crippen LogP contribution in [0.5, 0.6) is 0 Å². The summed E-state index contributed by atoms with van der Waals surface area (Å²) in [7, 11) is -3.79. The monoisotopic (exact) mass is 565 g/mol. The molecule has 2 atom stereocenters. The third-order valence-corrected chi connectivity index (χ3v) is 9.75. The molecule has 5 rings (SSSR count). The van der Waals surface area contributed by atoms with Crippen molar-refractivity contribution < 1.29 is 22.3 Å². The Bertz CT molecular complexity index is 1450. The lowest BCUT2D eigenvalue weighted by atomic mass is 9.90. The molecule has 2 saturated heterocycles. The topological polar surface area (TPSA) is 79.0 Å². The van der Waals surface area contributed by atoms with E-state index in [4.69, 9.17) is 4.74 Å². The summed E-state index contributed by atoms with van der Waals surface area (Å²) >= 11 is 0. The van der Waals surface area contributed by atoms with E-state index in [0.717, 1.165) is 23.1 Å². The van der Waals surface area contributed by atoms with Crippen molar-refractivity contribution in [3.8, 4) is 0 Å². The molecule has 7 nitrogen and oxygen atoms in total. The molecule has 1 amide bonds. The number of morpholine rings is 1. The van der Waals surface area contributed by atoms with Crippen LogP contribution < -0.4 is 5.32 Å². The minimum atomic E-state index is -3.79. The summed E-state index contributed by atoms with van der Waals surface area (Å²) in [6.07, 6.45) is 2.02. The number of hydrogen-bond donors (Lipinski definition) is 1. The van der Waals surface area contributed by atoms with E-state index in [1.807, 2.05) is 61.2 Å². The number of ether oxygens (including phenoxy) is 1. The molecule has 2 aliphatic rings. The molecule has 3 aromatic rings. The molecule has 9 heteroatoms. The Morgan fingerprint density at radius 2 is 1.80 bits per heavy atom. The van der Waals surface area contributed by atoms with Gasteiger partial charge in [-0.1, -0.05) is 54.1 Å². The molecule has 0 aromatic heterocycles. The second-order valence-electron chi connectivity index (χ2n) is 11.0. The van der Waals surface area contributed by atoms with Gasteiger partial charge in [0.25, 0.3) is 0 Å². The predicted molar refractivity (Wildman–Crippen MR) is 153 cm³/mol. The molecule has 2 fully saturated rings. The Morgan fingerprint density at radius 3 is 2.55 bits per heavy atom. The van der Waals surface area contributed by atoms with Crippen molar-refractivity contribution in [2.24, 2.45) is 0 Å². The van der Waals surface area contributed by atoms with Gasteiger partial charge in [-0.15, -0.1) is 0 Å². The lowest BCUT2D eigenvalue weighted by Gasteiger charge is -2.50. The highest BCUT2D eigenvalue weighted by molar-refractivity contribution is 7.89. The van der Waals surface area contributed by atoms with Crippen molar-refractivity contribution in [2.45, 2.75) is 49.6 Å². The zero-order valence-corrected chi connectivity index (χ0v) is 23.8. The average molecular weight is 566 g/mol. The number of rotatable bonds is 7. The van der Waals surface area contributed by atoms with Gasteiger partial charge in [-0.25, -0.2) is 12.8 Å². The van der Waals surface area contributed by atoms with Crippen molar-refractivity contribution >= 4 is 21.6 Å². The number of nitrogens with zero attached hydrogens (tertiary/aromatic N) is 2. The minimum Gasteiger partial charge on any atom is -0.371 e. The molecule has 0 bridgehead atoms. The van der Waals surface area contributed by atoms with E-state index < -0.39 is 21.4 Å². The molecule has 40 heavy (non-hydrogen) atoms. The summed E-state index contributed by atoms with van der Waals surface area (Å²) in [5.74, 6) is -0.652. The van der Waals surface area contributed by atoms with Crippen molar-refractivity contribution in [3.63, 3.8) is 0 Å². The number of sulfonamides is 1. The molecule has 212 valence electrons. The van der Waals surface area contributed by atoms with Crippen LogP contribution >= 0.6 is 0 Å². The van der Waals surface area contributed by atoms with E-state index >= 15 is 0 Å². The maximum absolute atomic E-state index is 14.0. The lowest BCUT2D eigenvalue weighted by molar-refractivity contribution is -0.144. The Hall–Kier alpha value is -3.11. The number of anilines is 1. The largest absolute Gasteiger partial charge is 0.371 e. The van der Waals surface area contributed by atoms with Crippen LogP contribution in [-0.2, 0) is 26.0 Å². The summed E-state index contributed by atoms with van der Waals surface area (Å²) in [6, 6.07) is 20.8. The highest BCUT2D eigenvalue weighted by Gasteiger charge is 2.47. The molecule has 0 saturated carbocycles. The first-order valence-electron chi connectivity index (χ1n) is 13.7. The van der Waals surface area contributed by atoms with Crippen molar-refractivity contribution in [1.29, 1.82) is 0 Å². The van der Waals surface area contributed by atoms with Gasteiger partial charge in [0.2, 0.25) is 15.9 Å². The van der Waals surface area contributed by atoms with Crippen LogP contribution in [-0.4, -0.2) is 68.0 Å². The number of amides is 1. The Labute approximate surface area is 236 Å². The van der Waals surface area contributed by atoms with Gasteiger partial charge in [-0.2, -0.15) is 4.31 Å². The van der Waals surface area contributed by atoms with E-state index in [0.29, 0.717) is 31.6 Å². The van der Waals surface area contributed by atoms with Gasteiger partial charge in [-0.3, -0.25) is 9.69 Å². The molecule has 0 unspecified atom stereocenters. The maximum atomic E-state index is 14.0. The molecular weight excluding hydrogens is 529 g/mol. The van der Waals surface area contributed by atoms with Gasteiger partial charge in [0.1, 0.15) is 5.82 Å². The van der Waals surface area contributed by atoms with Crippen molar-refractivity contribution in [3.05, 3.63) is 95.3 Å². The smallest absolute Gasteiger partial charge is 0.243 e. The van der Waals surface area contributed by atoms with E-state index in [2.05, 4.69) is 5.32 Å². The number of carbonyl (C=O) groups is 1. The van der Waals surface area contributed by atoms with Crippen LogP contribution in [0, 0.1) is 19.7 Å². The minimum absolute atomic E-state index is 0.110. The van der Waals surface area contributed by atoms with Crippen LogP contribution in [0.15, 0.2) is 77.7 Å². The second-order valence-corrected chi connectivity index (χ2v) is 12.9. The quantitative estimate of drug-likeness (QED) is 0.455. The van der Waals surface area contributed by atoms with Gasteiger partial charge in [0, 0.05) is 18.8 Å². The number of carbonyl (C=O) groups excluding carboxylic acids is 1. The van der Waals surface area contributed by atoms with Crippen LogP contribution in [0.1, 0.15) is 29.5 Å². The highest BCUT2D eigenvalue weighted by atomic mass is 32.2. The molecule has 1 N–H and O–H groups in total. The summed E-state index contributed by atoms with van der Waals surface area (Å²) in [5, 5.41) is 2.82. The molecule has 0 aliphatic carbocycles. The van der Waals surface area contributed by atoms with Crippen LogP contribution in [0.3, 0.4) is 0 Å². The summed E-state index contributed by atoms with van der Waals surface area (Å²) in [4.78, 5) is 15.2. The number of hydrogen-bond acceptors (Lipinski definition) is 5. The summed E-state index contributed by atoms with van der Waals surface area (Å²) in [5.41, 5.74) is 2.54. The Balaban J connectivity index is 1.35. The van der Waals surface area contributed by atoms with Crippen molar-refractivity contribution in [2.75, 3.05) is 38.1 Å². The normalized spacial score (nSPS) is 22.3. The first-order valence-corrected chi connectivity index (χ1v) is 15.1. The van der Waals surface area contributed by atoms with Crippen molar-refractivity contribution in [1.82, 2.24) is 9.21 Å². The third-order valence-electron chi connectivity index (χ3n) is 7.83. The molecule has 3 aromatic carbocycles. The number of piperidine rings is 1. The molecular formula is C31H36FN3O4S. The number of likely N-dealkylation sites (tertiary alicyclic amines) is 1. The van der Waals surface area contributed by atoms with E-state index in [1.165, 1.54) is 12.1 Å². The van der Waals surface area contributed by atoms with E-state index in [9.17, 15) is 17.6 Å². The number of halogens is 1. The molecule has 1 spiro atoms. The number of aryl methyl sites for hydroxylation is 2. The predicted octanol–water partition coefficient (Wildman–Crippen LogP) is 4.55. The average Bonchev–Trinajstić information content (AvgIpc) is 2.93. The van der Waals surface area contributed by atoms with Gasteiger partial charge < -0.3 is 10.1 Å². The zero-order valence-electron chi connectivity index (χ0n) is 23.0. The highest BCUT2D eigenvalue weighted by Crippen LogP contribution is 2.35. The maximum Gasteiger partial charge on any atom is 0.243 e. The Kier molecular flexibility index (Phi) is 8.37. The van der Waals surface area contributed by atoms with Gasteiger partial charge >= 0.3 is 0 Å². The molecule has 0 radical (unpaired) electrons. The second kappa shape index (κ2) is 11.8. The number of benzene rings is 3. The standard InChI is InChI=1S/C31H36FN3O4S/c1-23-9-13-28(14-10-23)40(37,38)35-22-31(39-20-27(35)17-25-7-4-3-5-8-25)15-6-16-34(21-31)19-30(36)33-29-18-26(32)12-11-24(29)2/h3-5,7-14,18,27H,6,15-17,19-22H2,1-2H3,(H,33,36)/t27-,31+/m0/s1. The van der Waals surface area contributed by atoms with E-state index in [-0.39, 0.29) is 36.5 Å². The van der Waals surface area contributed by atoms with Gasteiger partial charge in [0.15, 0.2) is 0 Å². The van der Waals surface area contributed by atoms with Gasteiger partial charge in [-0.05, 0) is 75.0 Å².